The molecule has 0 radical (unpaired) electrons. The first kappa shape index (κ1) is 29.4. The largest absolute Gasteiger partial charge is 0.478 e. The maximum Gasteiger partial charge on any atom is 0.335 e. The van der Waals surface area contributed by atoms with Gasteiger partial charge in [-0.2, -0.15) is 0 Å². The molecule has 1 heterocycles. The Morgan fingerprint density at radius 1 is 1.02 bits per heavy atom. The number of ether oxygens (including phenoxy) is 3. The maximum absolute atomic E-state index is 13.7. The molecule has 4 aliphatic carbocycles. The Labute approximate surface area is 255 Å². The molecule has 44 heavy (non-hydrogen) atoms. The Bertz CT molecular complexity index is 1530. The van der Waals surface area contributed by atoms with Crippen molar-refractivity contribution in [1.82, 2.24) is 0 Å². The molecule has 0 aromatic heterocycles. The van der Waals surface area contributed by atoms with Crippen LogP contribution in [0.1, 0.15) is 61.7 Å². The van der Waals surface area contributed by atoms with Crippen molar-refractivity contribution in [2.45, 2.75) is 69.7 Å². The molecule has 10 atom stereocenters. The molecule has 4 fully saturated rings. The van der Waals surface area contributed by atoms with Crippen LogP contribution in [0.3, 0.4) is 0 Å². The zero-order valence-electron chi connectivity index (χ0n) is 24.8. The summed E-state index contributed by atoms with van der Waals surface area (Å²) in [6.45, 7) is 3.49. The number of aromatic carboxylic acids is 1. The van der Waals surface area contributed by atoms with Gasteiger partial charge in [0.2, 0.25) is 0 Å². The Hall–Kier alpha value is -3.34. The number of aliphatic hydroxyl groups is 3. The van der Waals surface area contributed by atoms with Crippen molar-refractivity contribution < 1.29 is 44.2 Å². The quantitative estimate of drug-likeness (QED) is 0.350. The number of rotatable bonds is 6. The Morgan fingerprint density at radius 2 is 1.70 bits per heavy atom. The van der Waals surface area contributed by atoms with Crippen molar-refractivity contribution in [2.24, 2.45) is 28.6 Å². The van der Waals surface area contributed by atoms with Gasteiger partial charge in [-0.25, -0.2) is 4.79 Å². The Morgan fingerprint density at radius 3 is 2.36 bits per heavy atom. The fourth-order valence-electron chi connectivity index (χ4n) is 9.45. The highest BCUT2D eigenvalue weighted by Crippen LogP contribution is 2.70. The van der Waals surface area contributed by atoms with Crippen LogP contribution in [0.2, 0.25) is 0 Å². The van der Waals surface area contributed by atoms with Crippen LogP contribution in [0, 0.1) is 28.6 Å². The summed E-state index contributed by atoms with van der Waals surface area (Å²) >= 11 is 0. The molecule has 0 spiro atoms. The fraction of sp³-hybridized carbons (Fsp3) is 0.486. The molecule has 9 heteroatoms. The SMILES string of the molecule is C[C@]12C=CC(O)C=C1CC[C@@H]1[C@@H]2[C@@H](O)C[C@@]2(C)[C@H]1C[C@H]1O[C@@H](c3ccc(Oc4ccc(C(=O)O)cc4)cc3)O[C@]12C(=O)CO. The van der Waals surface area contributed by atoms with Crippen molar-refractivity contribution in [1.29, 1.82) is 0 Å². The minimum Gasteiger partial charge on any atom is -0.478 e. The number of hydrogen-bond acceptors (Lipinski definition) is 8. The van der Waals surface area contributed by atoms with Crippen LogP contribution in [0.15, 0.2) is 72.3 Å². The predicted molar refractivity (Wildman–Crippen MR) is 158 cm³/mol. The molecule has 1 aliphatic heterocycles. The van der Waals surface area contributed by atoms with E-state index in [4.69, 9.17) is 19.3 Å². The number of carboxylic acids is 1. The molecule has 1 saturated heterocycles. The Kier molecular flexibility index (Phi) is 6.91. The van der Waals surface area contributed by atoms with E-state index in [1.54, 1.807) is 42.5 Å². The van der Waals surface area contributed by atoms with Gasteiger partial charge >= 0.3 is 5.97 Å². The number of carbonyl (C=O) groups is 2. The van der Waals surface area contributed by atoms with Gasteiger partial charge in [-0.05, 0) is 73.9 Å². The first-order valence-corrected chi connectivity index (χ1v) is 15.4. The molecule has 232 valence electrons. The summed E-state index contributed by atoms with van der Waals surface area (Å²) in [5.41, 5.74) is -0.512. The summed E-state index contributed by atoms with van der Waals surface area (Å²) in [5, 5.41) is 41.4. The fourth-order valence-corrected chi connectivity index (χ4v) is 9.45. The van der Waals surface area contributed by atoms with Crippen molar-refractivity contribution in [3.63, 3.8) is 0 Å². The lowest BCUT2D eigenvalue weighted by Crippen LogP contribution is -2.63. The second-order valence-corrected chi connectivity index (χ2v) is 13.5. The average molecular weight is 603 g/mol. The van der Waals surface area contributed by atoms with Gasteiger partial charge in [-0.1, -0.05) is 49.8 Å². The maximum atomic E-state index is 13.7. The summed E-state index contributed by atoms with van der Waals surface area (Å²) in [6, 6.07) is 13.2. The lowest BCUT2D eigenvalue weighted by atomic mass is 9.46. The van der Waals surface area contributed by atoms with E-state index in [1.165, 1.54) is 12.1 Å². The molecular formula is C35H38O9. The van der Waals surface area contributed by atoms with E-state index in [1.807, 2.05) is 13.0 Å². The van der Waals surface area contributed by atoms with E-state index < -0.39 is 54.0 Å². The minimum absolute atomic E-state index is 0.0410. The molecule has 9 nitrogen and oxygen atoms in total. The molecule has 4 N–H and O–H groups in total. The first-order valence-electron chi connectivity index (χ1n) is 15.4. The number of aliphatic hydroxyl groups excluding tert-OH is 3. The van der Waals surface area contributed by atoms with Gasteiger partial charge in [0.1, 0.15) is 18.1 Å². The van der Waals surface area contributed by atoms with E-state index in [9.17, 15) is 24.9 Å². The summed E-state index contributed by atoms with van der Waals surface area (Å²) in [6.07, 6.45) is 5.61. The average Bonchev–Trinajstić information content (AvgIpc) is 3.50. The van der Waals surface area contributed by atoms with Crippen LogP contribution in [-0.4, -0.2) is 62.7 Å². The number of ketones is 1. The van der Waals surface area contributed by atoms with Crippen molar-refractivity contribution >= 4 is 11.8 Å². The van der Waals surface area contributed by atoms with E-state index in [0.29, 0.717) is 29.9 Å². The van der Waals surface area contributed by atoms with Crippen LogP contribution in [0.25, 0.3) is 0 Å². The van der Waals surface area contributed by atoms with E-state index >= 15 is 0 Å². The van der Waals surface area contributed by atoms with Crippen molar-refractivity contribution in [3.05, 3.63) is 83.5 Å². The van der Waals surface area contributed by atoms with Crippen LogP contribution < -0.4 is 4.74 Å². The van der Waals surface area contributed by atoms with Crippen molar-refractivity contribution in [3.8, 4) is 11.5 Å². The number of fused-ring (bicyclic) bond motifs is 7. The summed E-state index contributed by atoms with van der Waals surface area (Å²) in [7, 11) is 0. The molecule has 7 rings (SSSR count). The van der Waals surface area contributed by atoms with Crippen LogP contribution in [0.5, 0.6) is 11.5 Å². The molecule has 3 saturated carbocycles. The topological polar surface area (TPSA) is 143 Å². The highest BCUT2D eigenvalue weighted by molar-refractivity contribution is 5.91. The number of carboxylic acid groups (broad SMARTS) is 1. The monoisotopic (exact) mass is 602 g/mol. The predicted octanol–water partition coefficient (Wildman–Crippen LogP) is 4.57. The first-order chi connectivity index (χ1) is 21.0. The van der Waals surface area contributed by atoms with Crippen LogP contribution in [-0.2, 0) is 14.3 Å². The normalized spacial score (nSPS) is 40.3. The molecule has 1 unspecified atom stereocenters. The smallest absolute Gasteiger partial charge is 0.335 e. The summed E-state index contributed by atoms with van der Waals surface area (Å²) in [4.78, 5) is 24.8. The lowest BCUT2D eigenvalue weighted by Gasteiger charge is -2.60. The third-order valence-corrected chi connectivity index (χ3v) is 11.4. The van der Waals surface area contributed by atoms with E-state index in [0.717, 1.165) is 18.4 Å². The number of carbonyl (C=O) groups excluding carboxylic acids is 1. The second-order valence-electron chi connectivity index (χ2n) is 13.5. The third kappa shape index (κ3) is 4.17. The lowest BCUT2D eigenvalue weighted by molar-refractivity contribution is -0.201. The minimum atomic E-state index is -1.40. The number of hydrogen-bond donors (Lipinski definition) is 4. The standard InChI is InChI=1S/C35H38O9/c1-33-14-13-22(37)15-21(33)7-12-25-26-16-29-35(28(39)18-36,34(26,2)17-27(38)30(25)33)44-32(43-29)20-5-10-24(11-6-20)42-23-8-3-19(4-9-23)31(40)41/h3-6,8-11,13-15,22,25-27,29-30,32,36-38H,7,12,16-18H2,1-2H3,(H,40,41)/t22?,25-,26-,27-,29+,30+,32+,33-,34-,35+/m0/s1. The molecule has 0 amide bonds. The Balaban J connectivity index is 1.14. The molecule has 2 aromatic carbocycles. The van der Waals surface area contributed by atoms with Gasteiger partial charge in [0.15, 0.2) is 17.7 Å². The number of benzene rings is 2. The van der Waals surface area contributed by atoms with Gasteiger partial charge < -0.3 is 34.6 Å². The van der Waals surface area contributed by atoms with Gasteiger partial charge in [-0.15, -0.1) is 0 Å². The van der Waals surface area contributed by atoms with Crippen molar-refractivity contribution in [2.75, 3.05) is 6.61 Å². The number of Topliss-reactive ketones (excluding diaryl/α,β-unsaturated/α-hetero) is 1. The molecule has 2 aromatic rings. The van der Waals surface area contributed by atoms with Gasteiger partial charge in [0.25, 0.3) is 0 Å². The molecule has 5 aliphatic rings. The van der Waals surface area contributed by atoms with E-state index in [-0.39, 0.29) is 28.7 Å². The molecule has 0 bridgehead atoms. The number of allylic oxidation sites excluding steroid dienone is 2. The second kappa shape index (κ2) is 10.4. The van der Waals surface area contributed by atoms with Crippen LogP contribution in [0.4, 0.5) is 0 Å². The molecular weight excluding hydrogens is 564 g/mol. The third-order valence-electron chi connectivity index (χ3n) is 11.4. The van der Waals surface area contributed by atoms with Gasteiger partial charge in [-0.3, -0.25) is 4.79 Å². The summed E-state index contributed by atoms with van der Waals surface area (Å²) < 4.78 is 19.0. The zero-order valence-corrected chi connectivity index (χ0v) is 24.8. The highest BCUT2D eigenvalue weighted by Gasteiger charge is 2.75. The van der Waals surface area contributed by atoms with Gasteiger partial charge in [0.05, 0.1) is 23.9 Å². The van der Waals surface area contributed by atoms with Crippen LogP contribution >= 0.6 is 0 Å². The highest BCUT2D eigenvalue weighted by atomic mass is 16.7. The zero-order chi connectivity index (χ0) is 31.0. The summed E-state index contributed by atoms with van der Waals surface area (Å²) in [5.74, 6) is -0.310. The van der Waals surface area contributed by atoms with E-state index in [2.05, 4.69) is 13.0 Å². The van der Waals surface area contributed by atoms with Gasteiger partial charge in [0, 0.05) is 22.3 Å².